The van der Waals surface area contributed by atoms with Crippen molar-refractivity contribution in [3.8, 4) is 0 Å². The predicted octanol–water partition coefficient (Wildman–Crippen LogP) is 2.17. The second-order valence-electron chi connectivity index (χ2n) is 5.39. The third-order valence-corrected chi connectivity index (χ3v) is 4.64. The Morgan fingerprint density at radius 2 is 1.90 bits per heavy atom. The Balaban J connectivity index is 1.84. The first-order valence-electron chi connectivity index (χ1n) is 6.81. The van der Waals surface area contributed by atoms with Crippen LogP contribution in [-0.4, -0.2) is 35.5 Å². The number of nitrogens with one attached hydrogen (secondary N) is 2. The molecule has 3 rings (SSSR count). The average molecular weight is 328 g/mol. The normalized spacial score (nSPS) is 21.0. The zero-order valence-electron chi connectivity index (χ0n) is 11.3. The third kappa shape index (κ3) is 2.61. The number of nitrogens with zero attached hydrogens (tertiary/aromatic N) is 1. The van der Waals surface area contributed by atoms with Crippen molar-refractivity contribution in [1.29, 1.82) is 0 Å². The third-order valence-electron chi connectivity index (χ3n) is 4.04. The highest BCUT2D eigenvalue weighted by Crippen LogP contribution is 2.30. The number of carbonyl (C=O) groups excluding carboxylic acids is 2. The van der Waals surface area contributed by atoms with E-state index in [4.69, 9.17) is 23.2 Å². The van der Waals surface area contributed by atoms with E-state index in [1.54, 1.807) is 18.2 Å². The quantitative estimate of drug-likeness (QED) is 0.818. The van der Waals surface area contributed by atoms with Crippen LogP contribution in [0.5, 0.6) is 0 Å². The summed E-state index contributed by atoms with van der Waals surface area (Å²) in [7, 11) is 0. The fraction of sp³-hybridized carbons (Fsp3) is 0.429. The van der Waals surface area contributed by atoms with Gasteiger partial charge in [-0.15, -0.1) is 0 Å². The van der Waals surface area contributed by atoms with Crippen molar-refractivity contribution in [2.75, 3.05) is 13.1 Å². The predicted molar refractivity (Wildman–Crippen MR) is 80.4 cm³/mol. The molecule has 3 amide bonds. The number of rotatable bonds is 2. The summed E-state index contributed by atoms with van der Waals surface area (Å²) in [6.45, 7) is 1.58. The first kappa shape index (κ1) is 14.6. The van der Waals surface area contributed by atoms with E-state index in [-0.39, 0.29) is 18.5 Å². The minimum absolute atomic E-state index is 0.138. The number of hydrogen-bond acceptors (Lipinski definition) is 3. The van der Waals surface area contributed by atoms with E-state index in [1.807, 2.05) is 0 Å². The van der Waals surface area contributed by atoms with Crippen LogP contribution in [0.1, 0.15) is 18.4 Å². The maximum absolute atomic E-state index is 12.6. The van der Waals surface area contributed by atoms with E-state index in [9.17, 15) is 9.59 Å². The molecule has 0 bridgehead atoms. The van der Waals surface area contributed by atoms with Gasteiger partial charge in [-0.05, 0) is 49.7 Å². The van der Waals surface area contributed by atoms with Gasteiger partial charge in [0.15, 0.2) is 0 Å². The molecule has 2 aliphatic rings. The second-order valence-corrected chi connectivity index (χ2v) is 6.23. The molecule has 2 saturated heterocycles. The molecule has 0 saturated carbocycles. The van der Waals surface area contributed by atoms with Gasteiger partial charge in [0.2, 0.25) is 0 Å². The van der Waals surface area contributed by atoms with Gasteiger partial charge in [0, 0.05) is 10.0 Å². The number of amides is 3. The molecule has 2 fully saturated rings. The SMILES string of the molecule is O=C1NC2(CCNCC2)C(=O)N1Cc1cc(Cl)ccc1Cl. The zero-order valence-corrected chi connectivity index (χ0v) is 12.8. The second kappa shape index (κ2) is 5.48. The van der Waals surface area contributed by atoms with Crippen LogP contribution in [0.25, 0.3) is 0 Å². The lowest BCUT2D eigenvalue weighted by Gasteiger charge is -2.31. The Kier molecular flexibility index (Phi) is 3.82. The number of benzene rings is 1. The van der Waals surface area contributed by atoms with Gasteiger partial charge in [-0.3, -0.25) is 9.69 Å². The summed E-state index contributed by atoms with van der Waals surface area (Å²) in [5.41, 5.74) is -0.0911. The monoisotopic (exact) mass is 327 g/mol. The first-order valence-corrected chi connectivity index (χ1v) is 7.56. The van der Waals surface area contributed by atoms with E-state index in [2.05, 4.69) is 10.6 Å². The van der Waals surface area contributed by atoms with Gasteiger partial charge in [0.1, 0.15) is 5.54 Å². The van der Waals surface area contributed by atoms with Gasteiger partial charge in [-0.25, -0.2) is 4.79 Å². The summed E-state index contributed by atoms with van der Waals surface area (Å²) in [6, 6.07) is 4.65. The van der Waals surface area contributed by atoms with Gasteiger partial charge in [0.05, 0.1) is 6.54 Å². The molecule has 2 heterocycles. The maximum atomic E-state index is 12.6. The Hall–Kier alpha value is -1.30. The van der Waals surface area contributed by atoms with Crippen molar-refractivity contribution in [3.63, 3.8) is 0 Å². The van der Waals surface area contributed by atoms with Crippen LogP contribution in [0.2, 0.25) is 10.0 Å². The fourth-order valence-electron chi connectivity index (χ4n) is 2.85. The minimum atomic E-state index is -0.757. The van der Waals surface area contributed by atoms with Crippen LogP contribution in [0.4, 0.5) is 4.79 Å². The van der Waals surface area contributed by atoms with Crippen LogP contribution in [0.15, 0.2) is 18.2 Å². The van der Waals surface area contributed by atoms with Gasteiger partial charge >= 0.3 is 6.03 Å². The summed E-state index contributed by atoms with van der Waals surface area (Å²) in [6.07, 6.45) is 1.22. The van der Waals surface area contributed by atoms with Gasteiger partial charge in [0.25, 0.3) is 5.91 Å². The average Bonchev–Trinajstić information content (AvgIpc) is 2.68. The van der Waals surface area contributed by atoms with Crippen LogP contribution in [-0.2, 0) is 11.3 Å². The molecule has 1 aromatic rings. The molecule has 21 heavy (non-hydrogen) atoms. The number of piperidine rings is 1. The number of carbonyl (C=O) groups is 2. The van der Waals surface area contributed by atoms with E-state index in [0.717, 1.165) is 13.1 Å². The molecular formula is C14H15Cl2N3O2. The summed E-state index contributed by atoms with van der Waals surface area (Å²) in [5.74, 6) is -0.176. The Bertz CT molecular complexity index is 600. The number of hydrogen-bond donors (Lipinski definition) is 2. The molecule has 0 aliphatic carbocycles. The van der Waals surface area contributed by atoms with E-state index in [1.165, 1.54) is 4.90 Å². The largest absolute Gasteiger partial charge is 0.325 e. The zero-order chi connectivity index (χ0) is 15.0. The van der Waals surface area contributed by atoms with Crippen LogP contribution < -0.4 is 10.6 Å². The molecule has 5 nitrogen and oxygen atoms in total. The van der Waals surface area contributed by atoms with Crippen molar-refractivity contribution >= 4 is 35.1 Å². The molecule has 7 heteroatoms. The molecule has 2 N–H and O–H groups in total. The Morgan fingerprint density at radius 1 is 1.19 bits per heavy atom. The lowest BCUT2D eigenvalue weighted by molar-refractivity contribution is -0.132. The molecule has 0 unspecified atom stereocenters. The minimum Gasteiger partial charge on any atom is -0.323 e. The molecule has 0 aromatic heterocycles. The molecule has 0 radical (unpaired) electrons. The Morgan fingerprint density at radius 3 is 2.62 bits per heavy atom. The summed E-state index contributed by atoms with van der Waals surface area (Å²) in [4.78, 5) is 26.0. The molecule has 112 valence electrons. The highest BCUT2D eigenvalue weighted by molar-refractivity contribution is 6.33. The highest BCUT2D eigenvalue weighted by Gasteiger charge is 2.51. The maximum Gasteiger partial charge on any atom is 0.325 e. The lowest BCUT2D eigenvalue weighted by Crippen LogP contribution is -2.53. The highest BCUT2D eigenvalue weighted by atomic mass is 35.5. The molecular weight excluding hydrogens is 313 g/mol. The van der Waals surface area contributed by atoms with E-state index in [0.29, 0.717) is 28.5 Å². The molecule has 0 atom stereocenters. The number of imide groups is 1. The van der Waals surface area contributed by atoms with Crippen molar-refractivity contribution < 1.29 is 9.59 Å². The topological polar surface area (TPSA) is 61.4 Å². The summed E-state index contributed by atoms with van der Waals surface area (Å²) in [5, 5.41) is 7.05. The molecule has 1 spiro atoms. The number of urea groups is 1. The van der Waals surface area contributed by atoms with E-state index < -0.39 is 5.54 Å². The van der Waals surface area contributed by atoms with E-state index >= 15 is 0 Å². The molecule has 2 aliphatic heterocycles. The number of halogens is 2. The van der Waals surface area contributed by atoms with Crippen molar-refractivity contribution in [2.24, 2.45) is 0 Å². The van der Waals surface area contributed by atoms with Crippen LogP contribution >= 0.6 is 23.2 Å². The smallest absolute Gasteiger partial charge is 0.323 e. The lowest BCUT2D eigenvalue weighted by atomic mass is 9.88. The van der Waals surface area contributed by atoms with Crippen molar-refractivity contribution in [2.45, 2.75) is 24.9 Å². The van der Waals surface area contributed by atoms with Crippen molar-refractivity contribution in [1.82, 2.24) is 15.5 Å². The van der Waals surface area contributed by atoms with Gasteiger partial charge in [-0.2, -0.15) is 0 Å². The summed E-state index contributed by atoms with van der Waals surface area (Å²) < 4.78 is 0. The fourth-order valence-corrected chi connectivity index (χ4v) is 3.22. The standard InChI is InChI=1S/C14H15Cl2N3O2/c15-10-1-2-11(16)9(7-10)8-19-12(20)14(18-13(19)21)3-5-17-6-4-14/h1-2,7,17H,3-6,8H2,(H,18,21). The first-order chi connectivity index (χ1) is 10.0. The Labute approximate surface area is 132 Å². The summed E-state index contributed by atoms with van der Waals surface area (Å²) >= 11 is 12.1. The molecule has 1 aromatic carbocycles. The van der Waals surface area contributed by atoms with Gasteiger partial charge in [-0.1, -0.05) is 23.2 Å². The van der Waals surface area contributed by atoms with Gasteiger partial charge < -0.3 is 10.6 Å². The van der Waals surface area contributed by atoms with Crippen LogP contribution in [0.3, 0.4) is 0 Å². The van der Waals surface area contributed by atoms with Crippen molar-refractivity contribution in [3.05, 3.63) is 33.8 Å². The van der Waals surface area contributed by atoms with Crippen LogP contribution in [0, 0.1) is 0 Å².